The Hall–Kier alpha value is -3.53. The van der Waals surface area contributed by atoms with Crippen molar-refractivity contribution in [2.45, 2.75) is 39.3 Å². The zero-order valence-corrected chi connectivity index (χ0v) is 20.7. The molecule has 5 rings (SSSR count). The molecule has 1 saturated heterocycles. The van der Waals surface area contributed by atoms with Crippen LogP contribution < -0.4 is 4.90 Å². The Morgan fingerprint density at radius 1 is 1.17 bits per heavy atom. The molecule has 182 valence electrons. The van der Waals surface area contributed by atoms with Crippen LogP contribution in [0.3, 0.4) is 0 Å². The number of hydrogen-bond acceptors (Lipinski definition) is 8. The summed E-state index contributed by atoms with van der Waals surface area (Å²) in [6.07, 6.45) is 1.39. The highest BCUT2D eigenvalue weighted by atomic mass is 32.1. The van der Waals surface area contributed by atoms with Gasteiger partial charge in [-0.1, -0.05) is 22.4 Å². The van der Waals surface area contributed by atoms with Crippen LogP contribution in [0.1, 0.15) is 62.8 Å². The van der Waals surface area contributed by atoms with Crippen LogP contribution in [-0.2, 0) is 11.3 Å². The van der Waals surface area contributed by atoms with Gasteiger partial charge in [-0.25, -0.2) is 4.63 Å². The Bertz CT molecular complexity index is 1260. The molecule has 0 radical (unpaired) electrons. The van der Waals surface area contributed by atoms with Gasteiger partial charge in [-0.05, 0) is 50.3 Å². The molecular weight excluding hydrogens is 466 g/mol. The number of fused-ring (bicyclic) bond motifs is 1. The summed E-state index contributed by atoms with van der Waals surface area (Å²) in [6.45, 7) is 5.08. The number of amides is 3. The number of imide groups is 1. The van der Waals surface area contributed by atoms with Gasteiger partial charge in [0.2, 0.25) is 5.91 Å². The van der Waals surface area contributed by atoms with Gasteiger partial charge < -0.3 is 9.80 Å². The molecule has 1 atom stereocenters. The topological polar surface area (TPSA) is 99.8 Å². The summed E-state index contributed by atoms with van der Waals surface area (Å²) in [7, 11) is 1.87. The predicted molar refractivity (Wildman–Crippen MR) is 130 cm³/mol. The zero-order valence-electron chi connectivity index (χ0n) is 19.9. The van der Waals surface area contributed by atoms with E-state index in [9.17, 15) is 14.4 Å². The fourth-order valence-electron chi connectivity index (χ4n) is 4.83. The lowest BCUT2D eigenvalue weighted by Crippen LogP contribution is -2.42. The maximum Gasteiger partial charge on any atom is 0.264 e. The van der Waals surface area contributed by atoms with Crippen molar-refractivity contribution in [3.05, 3.63) is 63.1 Å². The Morgan fingerprint density at radius 2 is 1.94 bits per heavy atom. The Kier molecular flexibility index (Phi) is 6.14. The van der Waals surface area contributed by atoms with Crippen molar-refractivity contribution in [3.8, 4) is 0 Å². The number of carbonyl (C=O) groups excluding carboxylic acids is 3. The van der Waals surface area contributed by atoms with Crippen LogP contribution in [0.15, 0.2) is 40.3 Å². The molecule has 10 heteroatoms. The van der Waals surface area contributed by atoms with E-state index in [1.54, 1.807) is 30.4 Å². The third-order valence-corrected chi connectivity index (χ3v) is 8.14. The minimum Gasteiger partial charge on any atom is -0.371 e. The smallest absolute Gasteiger partial charge is 0.264 e. The van der Waals surface area contributed by atoms with Gasteiger partial charge in [0.15, 0.2) is 0 Å². The second-order valence-corrected chi connectivity index (χ2v) is 10.1. The average Bonchev–Trinajstić information content (AvgIpc) is 3.61. The molecule has 1 aromatic carbocycles. The highest BCUT2D eigenvalue weighted by molar-refractivity contribution is 7.10. The number of hydrogen-bond donors (Lipinski definition) is 0. The summed E-state index contributed by atoms with van der Waals surface area (Å²) >= 11 is 1.66. The third kappa shape index (κ3) is 4.12. The second-order valence-electron chi connectivity index (χ2n) is 9.09. The van der Waals surface area contributed by atoms with Crippen LogP contribution in [0.25, 0.3) is 0 Å². The monoisotopic (exact) mass is 493 g/mol. The van der Waals surface area contributed by atoms with Crippen molar-refractivity contribution in [1.82, 2.24) is 20.1 Å². The molecule has 2 aromatic heterocycles. The number of aromatic nitrogens is 2. The van der Waals surface area contributed by atoms with E-state index in [2.05, 4.69) is 28.2 Å². The molecular formula is C25H27N5O4S. The SMILES string of the molecule is Cc1nonc1CN1C(=O)c2cccc(N3CCC(C(=O)N(C)C(C)c4cccs4)CC3)c2C1=O. The first-order chi connectivity index (χ1) is 16.9. The molecule has 3 amide bonds. The maximum atomic E-state index is 13.3. The van der Waals surface area contributed by atoms with Gasteiger partial charge in [0, 0.05) is 30.9 Å². The van der Waals surface area contributed by atoms with Gasteiger partial charge in [-0.3, -0.25) is 19.3 Å². The van der Waals surface area contributed by atoms with Gasteiger partial charge >= 0.3 is 0 Å². The van der Waals surface area contributed by atoms with Crippen LogP contribution in [0, 0.1) is 12.8 Å². The molecule has 9 nitrogen and oxygen atoms in total. The first-order valence-corrected chi connectivity index (χ1v) is 12.6. The fraction of sp³-hybridized carbons (Fsp3) is 0.400. The van der Waals surface area contributed by atoms with Crippen molar-refractivity contribution in [2.24, 2.45) is 5.92 Å². The Morgan fingerprint density at radius 3 is 2.60 bits per heavy atom. The first kappa shape index (κ1) is 23.2. The number of benzene rings is 1. The van der Waals surface area contributed by atoms with Crippen molar-refractivity contribution < 1.29 is 19.0 Å². The second kappa shape index (κ2) is 9.26. The zero-order chi connectivity index (χ0) is 24.7. The Labute approximate surface area is 207 Å². The van der Waals surface area contributed by atoms with Crippen LogP contribution in [0.2, 0.25) is 0 Å². The lowest BCUT2D eigenvalue weighted by Gasteiger charge is -2.36. The largest absolute Gasteiger partial charge is 0.371 e. The van der Waals surface area contributed by atoms with Gasteiger partial charge in [0.05, 0.1) is 29.4 Å². The van der Waals surface area contributed by atoms with E-state index in [-0.39, 0.29) is 36.2 Å². The molecule has 35 heavy (non-hydrogen) atoms. The van der Waals surface area contributed by atoms with Crippen molar-refractivity contribution in [1.29, 1.82) is 0 Å². The predicted octanol–water partition coefficient (Wildman–Crippen LogP) is 3.67. The summed E-state index contributed by atoms with van der Waals surface area (Å²) in [5, 5.41) is 9.57. The van der Waals surface area contributed by atoms with E-state index in [0.29, 0.717) is 48.4 Å². The molecule has 0 aliphatic carbocycles. The van der Waals surface area contributed by atoms with E-state index < -0.39 is 0 Å². The molecule has 0 saturated carbocycles. The van der Waals surface area contributed by atoms with E-state index in [1.807, 2.05) is 29.5 Å². The molecule has 0 spiro atoms. The maximum absolute atomic E-state index is 13.3. The summed E-state index contributed by atoms with van der Waals surface area (Å²) in [5.41, 5.74) is 2.56. The van der Waals surface area contributed by atoms with E-state index >= 15 is 0 Å². The number of aryl methyl sites for hydroxylation is 1. The van der Waals surface area contributed by atoms with Crippen molar-refractivity contribution in [2.75, 3.05) is 25.0 Å². The highest BCUT2D eigenvalue weighted by Gasteiger charge is 2.40. The standard InChI is InChI=1S/C25H27N5O4S/c1-15-19(27-34-26-15)14-30-24(32)18-6-4-7-20(22(18)25(30)33)29-11-9-17(10-12-29)23(31)28(3)16(2)21-8-5-13-35-21/h4-8,13,16-17H,9-12,14H2,1-3H3. The molecule has 0 bridgehead atoms. The summed E-state index contributed by atoms with van der Waals surface area (Å²) in [4.78, 5) is 45.8. The molecule has 1 unspecified atom stereocenters. The average molecular weight is 494 g/mol. The number of rotatable bonds is 6. The lowest BCUT2D eigenvalue weighted by molar-refractivity contribution is -0.136. The fourth-order valence-corrected chi connectivity index (χ4v) is 5.66. The number of nitrogens with zero attached hydrogens (tertiary/aromatic N) is 5. The van der Waals surface area contributed by atoms with E-state index in [0.717, 1.165) is 5.69 Å². The number of carbonyl (C=O) groups is 3. The van der Waals surface area contributed by atoms with Crippen LogP contribution in [-0.4, -0.2) is 58.0 Å². The lowest BCUT2D eigenvalue weighted by atomic mass is 9.93. The summed E-state index contributed by atoms with van der Waals surface area (Å²) < 4.78 is 4.72. The summed E-state index contributed by atoms with van der Waals surface area (Å²) in [5.74, 6) is -0.598. The van der Waals surface area contributed by atoms with Crippen molar-refractivity contribution in [3.63, 3.8) is 0 Å². The minimum absolute atomic E-state index is 0.0203. The first-order valence-electron chi connectivity index (χ1n) is 11.7. The quantitative estimate of drug-likeness (QED) is 0.483. The summed E-state index contributed by atoms with van der Waals surface area (Å²) in [6, 6.07) is 9.46. The molecule has 0 N–H and O–H groups in total. The molecule has 3 aromatic rings. The van der Waals surface area contributed by atoms with Gasteiger partial charge in [0.25, 0.3) is 11.8 Å². The van der Waals surface area contributed by atoms with E-state index in [4.69, 9.17) is 4.63 Å². The third-order valence-electron chi connectivity index (χ3n) is 7.10. The van der Waals surface area contributed by atoms with Gasteiger partial charge in [-0.15, -0.1) is 11.3 Å². The van der Waals surface area contributed by atoms with Crippen LogP contribution in [0.4, 0.5) is 5.69 Å². The number of anilines is 1. The number of thiophene rings is 1. The Balaban J connectivity index is 1.29. The highest BCUT2D eigenvalue weighted by Crippen LogP contribution is 2.35. The van der Waals surface area contributed by atoms with Gasteiger partial charge in [-0.2, -0.15) is 0 Å². The number of piperidine rings is 1. The molecule has 1 fully saturated rings. The van der Waals surface area contributed by atoms with Crippen LogP contribution >= 0.6 is 11.3 Å². The minimum atomic E-state index is -0.344. The normalized spacial score (nSPS) is 17.1. The van der Waals surface area contributed by atoms with Crippen LogP contribution in [0.5, 0.6) is 0 Å². The van der Waals surface area contributed by atoms with Crippen molar-refractivity contribution >= 4 is 34.7 Å². The molecule has 2 aliphatic rings. The molecule has 2 aliphatic heterocycles. The van der Waals surface area contributed by atoms with Gasteiger partial charge in [0.1, 0.15) is 11.4 Å². The molecule has 4 heterocycles. The van der Waals surface area contributed by atoms with E-state index in [1.165, 1.54) is 9.78 Å².